The van der Waals surface area contributed by atoms with Crippen molar-refractivity contribution in [1.82, 2.24) is 4.90 Å². The molecule has 2 atom stereocenters. The molecule has 2 unspecified atom stereocenters. The summed E-state index contributed by atoms with van der Waals surface area (Å²) >= 11 is 0. The molecule has 0 spiro atoms. The van der Waals surface area contributed by atoms with E-state index in [1.165, 1.54) is 0 Å². The van der Waals surface area contributed by atoms with Crippen molar-refractivity contribution in [3.05, 3.63) is 0 Å². The quantitative estimate of drug-likeness (QED) is 0.762. The Labute approximate surface area is 110 Å². The van der Waals surface area contributed by atoms with Crippen LogP contribution in [0.5, 0.6) is 0 Å². The molecule has 0 aromatic rings. The summed E-state index contributed by atoms with van der Waals surface area (Å²) in [6.45, 7) is 12.5. The maximum atomic E-state index is 12.0. The van der Waals surface area contributed by atoms with Crippen LogP contribution < -0.4 is 0 Å². The second-order valence-corrected chi connectivity index (χ2v) is 6.53. The number of hydrogen-bond donors (Lipinski definition) is 0. The maximum absolute atomic E-state index is 12.0. The minimum atomic E-state index is -0.486. The summed E-state index contributed by atoms with van der Waals surface area (Å²) in [7, 11) is 0. The number of hydrogen-bond acceptors (Lipinski definition) is 3. The largest absolute Gasteiger partial charge is 0.444 e. The second kappa shape index (κ2) is 5.29. The van der Waals surface area contributed by atoms with Gasteiger partial charge in [-0.2, -0.15) is 0 Å². The Morgan fingerprint density at radius 1 is 1.22 bits per heavy atom. The van der Waals surface area contributed by atoms with Gasteiger partial charge in [0.1, 0.15) is 11.4 Å². The third-order valence-corrected chi connectivity index (χ3v) is 3.20. The Balaban J connectivity index is 2.64. The van der Waals surface area contributed by atoms with Crippen molar-refractivity contribution in [3.8, 4) is 0 Å². The van der Waals surface area contributed by atoms with Gasteiger partial charge in [-0.3, -0.25) is 4.79 Å². The van der Waals surface area contributed by atoms with Crippen molar-refractivity contribution in [2.45, 2.75) is 47.1 Å². The number of nitrogens with zero attached hydrogens (tertiary/aromatic N) is 1. The maximum Gasteiger partial charge on any atom is 0.410 e. The molecule has 1 rings (SSSR count). The number of carbonyl (C=O) groups excluding carboxylic acids is 2. The van der Waals surface area contributed by atoms with Crippen LogP contribution in [-0.4, -0.2) is 35.5 Å². The van der Waals surface area contributed by atoms with Crippen LogP contribution >= 0.6 is 0 Å². The Hall–Kier alpha value is -1.06. The van der Waals surface area contributed by atoms with Gasteiger partial charge in [0, 0.05) is 24.9 Å². The summed E-state index contributed by atoms with van der Waals surface area (Å²) in [5.41, 5.74) is -0.486. The fraction of sp³-hybridized carbons (Fsp3) is 0.857. The Morgan fingerprint density at radius 2 is 1.78 bits per heavy atom. The van der Waals surface area contributed by atoms with Gasteiger partial charge in [-0.05, 0) is 26.7 Å². The summed E-state index contributed by atoms with van der Waals surface area (Å²) in [5, 5.41) is 0. The highest BCUT2D eigenvalue weighted by molar-refractivity contribution is 5.84. The molecule has 1 heterocycles. The molecule has 104 valence electrons. The van der Waals surface area contributed by atoms with Crippen molar-refractivity contribution >= 4 is 11.9 Å². The van der Waals surface area contributed by atoms with E-state index in [-0.39, 0.29) is 29.6 Å². The number of carbonyl (C=O) groups is 2. The van der Waals surface area contributed by atoms with Gasteiger partial charge in [0.15, 0.2) is 0 Å². The number of rotatable bonds is 2. The van der Waals surface area contributed by atoms with Crippen molar-refractivity contribution in [1.29, 1.82) is 0 Å². The molecule has 0 bridgehead atoms. The van der Waals surface area contributed by atoms with E-state index in [9.17, 15) is 9.59 Å². The number of Topliss-reactive ketones (excluding diaryl/α,β-unsaturated/α-hetero) is 1. The van der Waals surface area contributed by atoms with Crippen molar-refractivity contribution in [3.63, 3.8) is 0 Å². The van der Waals surface area contributed by atoms with Crippen molar-refractivity contribution in [2.75, 3.05) is 13.1 Å². The van der Waals surface area contributed by atoms with Gasteiger partial charge < -0.3 is 9.64 Å². The topological polar surface area (TPSA) is 46.6 Å². The molecule has 4 nitrogen and oxygen atoms in total. The fourth-order valence-electron chi connectivity index (χ4n) is 2.24. The second-order valence-electron chi connectivity index (χ2n) is 6.53. The van der Waals surface area contributed by atoms with E-state index >= 15 is 0 Å². The molecular formula is C14H25NO3. The SMILES string of the molecule is CC(C)C(=O)C1CN(C(=O)OC(C)(C)C)CC1C. The molecule has 1 fully saturated rings. The molecular weight excluding hydrogens is 230 g/mol. The minimum Gasteiger partial charge on any atom is -0.444 e. The van der Waals surface area contributed by atoms with E-state index in [4.69, 9.17) is 4.74 Å². The first-order valence-corrected chi connectivity index (χ1v) is 6.63. The molecule has 18 heavy (non-hydrogen) atoms. The summed E-state index contributed by atoms with van der Waals surface area (Å²) in [5.74, 6) is 0.439. The van der Waals surface area contributed by atoms with E-state index in [1.807, 2.05) is 41.5 Å². The first-order chi connectivity index (χ1) is 8.11. The van der Waals surface area contributed by atoms with Crippen LogP contribution in [0, 0.1) is 17.8 Å². The lowest BCUT2D eigenvalue weighted by molar-refractivity contribution is -0.126. The molecule has 1 aliphatic rings. The van der Waals surface area contributed by atoms with Gasteiger partial charge in [-0.15, -0.1) is 0 Å². The standard InChI is InChI=1S/C14H25NO3/c1-9(2)12(16)11-8-15(7-10(11)3)13(17)18-14(4,5)6/h9-11H,7-8H2,1-6H3. The van der Waals surface area contributed by atoms with Crippen LogP contribution in [-0.2, 0) is 9.53 Å². The zero-order valence-electron chi connectivity index (χ0n) is 12.3. The first-order valence-electron chi connectivity index (χ1n) is 6.63. The van der Waals surface area contributed by atoms with Gasteiger partial charge in [-0.25, -0.2) is 4.79 Å². The minimum absolute atomic E-state index is 0.0241. The lowest BCUT2D eigenvalue weighted by Gasteiger charge is -2.24. The molecule has 0 aromatic carbocycles. The lowest BCUT2D eigenvalue weighted by Crippen LogP contribution is -2.36. The molecule has 1 aliphatic heterocycles. The van der Waals surface area contributed by atoms with E-state index in [0.717, 1.165) is 0 Å². The number of likely N-dealkylation sites (tertiary alicyclic amines) is 1. The number of amides is 1. The van der Waals surface area contributed by atoms with Crippen LogP contribution in [0.1, 0.15) is 41.5 Å². The zero-order valence-corrected chi connectivity index (χ0v) is 12.3. The lowest BCUT2D eigenvalue weighted by atomic mass is 9.88. The van der Waals surface area contributed by atoms with E-state index in [0.29, 0.717) is 13.1 Å². The monoisotopic (exact) mass is 255 g/mol. The van der Waals surface area contributed by atoms with Crippen LogP contribution in [0.2, 0.25) is 0 Å². The van der Waals surface area contributed by atoms with Gasteiger partial charge >= 0.3 is 6.09 Å². The first kappa shape index (κ1) is 15.0. The van der Waals surface area contributed by atoms with Crippen LogP contribution in [0.3, 0.4) is 0 Å². The van der Waals surface area contributed by atoms with Crippen LogP contribution in [0.15, 0.2) is 0 Å². The average molecular weight is 255 g/mol. The van der Waals surface area contributed by atoms with Gasteiger partial charge in [0.05, 0.1) is 0 Å². The third kappa shape index (κ3) is 3.72. The summed E-state index contributed by atoms with van der Waals surface area (Å²) in [6.07, 6.45) is -0.312. The Bertz CT molecular complexity index is 330. The predicted molar refractivity (Wildman–Crippen MR) is 70.3 cm³/mol. The van der Waals surface area contributed by atoms with Crippen LogP contribution in [0.25, 0.3) is 0 Å². The summed E-state index contributed by atoms with van der Waals surface area (Å²) in [6, 6.07) is 0. The fourth-order valence-corrected chi connectivity index (χ4v) is 2.24. The highest BCUT2D eigenvalue weighted by Crippen LogP contribution is 2.27. The van der Waals surface area contributed by atoms with E-state index < -0.39 is 5.60 Å². The molecule has 0 radical (unpaired) electrons. The summed E-state index contributed by atoms with van der Waals surface area (Å²) < 4.78 is 5.33. The highest BCUT2D eigenvalue weighted by atomic mass is 16.6. The smallest absolute Gasteiger partial charge is 0.410 e. The van der Waals surface area contributed by atoms with Gasteiger partial charge in [0.2, 0.25) is 0 Å². The molecule has 1 saturated heterocycles. The van der Waals surface area contributed by atoms with Crippen molar-refractivity contribution in [2.24, 2.45) is 17.8 Å². The van der Waals surface area contributed by atoms with Gasteiger partial charge in [0.25, 0.3) is 0 Å². The molecule has 0 N–H and O–H groups in total. The molecule has 1 amide bonds. The van der Waals surface area contributed by atoms with Gasteiger partial charge in [-0.1, -0.05) is 20.8 Å². The summed E-state index contributed by atoms with van der Waals surface area (Å²) in [4.78, 5) is 25.6. The zero-order chi connectivity index (χ0) is 14.1. The predicted octanol–water partition coefficient (Wildman–Crippen LogP) is 2.71. The Morgan fingerprint density at radius 3 is 2.22 bits per heavy atom. The van der Waals surface area contributed by atoms with Crippen LogP contribution in [0.4, 0.5) is 4.79 Å². The molecule has 4 heteroatoms. The highest BCUT2D eigenvalue weighted by Gasteiger charge is 2.38. The average Bonchev–Trinajstić information content (AvgIpc) is 2.56. The van der Waals surface area contributed by atoms with E-state index in [2.05, 4.69) is 0 Å². The molecule has 0 saturated carbocycles. The van der Waals surface area contributed by atoms with Crippen molar-refractivity contribution < 1.29 is 14.3 Å². The third-order valence-electron chi connectivity index (χ3n) is 3.20. The molecule has 0 aromatic heterocycles. The van der Waals surface area contributed by atoms with E-state index in [1.54, 1.807) is 4.90 Å². The Kier molecular flexibility index (Phi) is 4.41. The normalized spacial score (nSPS) is 24.5. The number of ether oxygens (including phenoxy) is 1. The number of ketones is 1. The molecule has 0 aliphatic carbocycles.